The molecule has 27 heteroatoms. The number of carbonyl (C=O) groups is 10. The Morgan fingerprint density at radius 3 is 1.67 bits per heavy atom. The number of furan rings is 1. The minimum Gasteiger partial charge on any atom is -0.459 e. The second kappa shape index (κ2) is 31.0. The van der Waals surface area contributed by atoms with Gasteiger partial charge in [-0.1, -0.05) is 44.2 Å². The van der Waals surface area contributed by atoms with Crippen molar-refractivity contribution in [3.8, 4) is 0 Å². The van der Waals surface area contributed by atoms with Crippen molar-refractivity contribution < 1.29 is 67.7 Å². The van der Waals surface area contributed by atoms with Crippen LogP contribution in [-0.4, -0.2) is 174 Å². The molecular formula is C48H75N13O14. The van der Waals surface area contributed by atoms with Gasteiger partial charge in [-0.05, 0) is 90.1 Å². The molecule has 10 amide bonds. The first kappa shape index (κ1) is 62.3. The van der Waals surface area contributed by atoms with E-state index in [1.807, 2.05) is 0 Å². The number of nitrogens with one attached hydrogen (secondary N) is 10. The van der Waals surface area contributed by atoms with Gasteiger partial charge in [0.15, 0.2) is 5.76 Å². The first-order chi connectivity index (χ1) is 35.5. The molecule has 1 aromatic carbocycles. The molecule has 11 atom stereocenters. The quantitative estimate of drug-likeness (QED) is 0.0623. The molecule has 1 saturated heterocycles. The van der Waals surface area contributed by atoms with E-state index in [0.29, 0.717) is 11.1 Å². The van der Waals surface area contributed by atoms with Crippen molar-refractivity contribution in [3.63, 3.8) is 0 Å². The summed E-state index contributed by atoms with van der Waals surface area (Å²) < 4.78 is 5.16. The molecule has 0 radical (unpaired) electrons. The monoisotopic (exact) mass is 1060 g/mol. The Hall–Kier alpha value is -7.04. The Bertz CT molecular complexity index is 2260. The lowest BCUT2D eigenvalue weighted by Gasteiger charge is -2.28. The molecule has 1 aliphatic rings. The van der Waals surface area contributed by atoms with Gasteiger partial charge in [0.25, 0.3) is 5.91 Å². The molecule has 0 bridgehead atoms. The predicted octanol–water partition coefficient (Wildman–Crippen LogP) is -5.83. The van der Waals surface area contributed by atoms with Crippen LogP contribution in [0.25, 0.3) is 0 Å². The maximum Gasteiger partial charge on any atom is 0.287 e. The molecule has 0 spiro atoms. The summed E-state index contributed by atoms with van der Waals surface area (Å²) in [4.78, 5) is 138. The number of aliphatic hydroxyl groups excluding tert-OH is 3. The molecule has 0 unspecified atom stereocenters. The number of amides is 10. The summed E-state index contributed by atoms with van der Waals surface area (Å²) in [6, 6.07) is -3.90. The van der Waals surface area contributed by atoms with Crippen LogP contribution in [0.1, 0.15) is 81.5 Å². The number of benzene rings is 1. The minimum atomic E-state index is -1.84. The molecule has 75 heavy (non-hydrogen) atoms. The lowest BCUT2D eigenvalue weighted by Crippen LogP contribution is -2.61. The topological polar surface area (TPSA) is 443 Å². The molecule has 0 saturated carbocycles. The number of carbonyl (C=O) groups excluding carboxylic acids is 10. The zero-order chi connectivity index (χ0) is 55.9. The molecule has 2 heterocycles. The van der Waals surface area contributed by atoms with Gasteiger partial charge in [0, 0.05) is 18.5 Å². The van der Waals surface area contributed by atoms with Crippen LogP contribution in [0.5, 0.6) is 0 Å². The third-order valence-electron chi connectivity index (χ3n) is 11.9. The van der Waals surface area contributed by atoms with Crippen LogP contribution in [0.3, 0.4) is 0 Å². The van der Waals surface area contributed by atoms with E-state index in [-0.39, 0.29) is 63.4 Å². The number of nitrogens with two attached hydrogens (primary N) is 3. The highest BCUT2D eigenvalue weighted by Crippen LogP contribution is 2.12. The van der Waals surface area contributed by atoms with E-state index in [0.717, 1.165) is 0 Å². The fourth-order valence-corrected chi connectivity index (χ4v) is 7.75. The Balaban J connectivity index is 2.10. The molecule has 416 valence electrons. The highest BCUT2D eigenvalue weighted by molar-refractivity contribution is 6.00. The zero-order valence-electron chi connectivity index (χ0n) is 42.8. The Labute approximate surface area is 434 Å². The third-order valence-corrected chi connectivity index (χ3v) is 11.9. The number of hydrogen-bond acceptors (Lipinski definition) is 17. The van der Waals surface area contributed by atoms with Crippen LogP contribution in [0.15, 0.2) is 47.1 Å². The van der Waals surface area contributed by atoms with E-state index in [1.165, 1.54) is 26.2 Å². The first-order valence-electron chi connectivity index (χ1n) is 24.7. The number of aliphatic hydroxyl groups is 3. The summed E-state index contributed by atoms with van der Waals surface area (Å²) in [5, 5.41) is 56.2. The SMILES string of the molecule is Cc1ccoc1C(=O)N[C@H](C(=O)N[C@H](CO)C(=O)N[C@H]1CCNC(=O)[C@H]([C@@H](C)O)NC(=O)[C@H](CCN)NC(=O)[C@H](CCN)NC(=O)[C@H](CC(C)C)NC(=O)[C@@H](Cc2ccccc2)NC(=O)[C@H](CCN)NC1=O)[C@@H](C)O. The van der Waals surface area contributed by atoms with Crippen LogP contribution in [0.4, 0.5) is 0 Å². The van der Waals surface area contributed by atoms with Crippen LogP contribution in [0.2, 0.25) is 0 Å². The normalized spacial score (nSPS) is 23.6. The predicted molar refractivity (Wildman–Crippen MR) is 269 cm³/mol. The molecule has 1 aliphatic heterocycles. The van der Waals surface area contributed by atoms with Gasteiger partial charge in [-0.15, -0.1) is 0 Å². The van der Waals surface area contributed by atoms with Crippen LogP contribution in [0, 0.1) is 12.8 Å². The van der Waals surface area contributed by atoms with E-state index >= 15 is 0 Å². The number of rotatable bonds is 19. The van der Waals surface area contributed by atoms with Crippen molar-refractivity contribution in [2.45, 2.75) is 140 Å². The van der Waals surface area contributed by atoms with Gasteiger partial charge in [0.2, 0.25) is 53.2 Å². The average molecular weight is 1060 g/mol. The second-order valence-corrected chi connectivity index (χ2v) is 18.6. The lowest BCUT2D eigenvalue weighted by atomic mass is 10.00. The molecule has 3 rings (SSSR count). The zero-order valence-corrected chi connectivity index (χ0v) is 42.8. The molecule has 0 aliphatic carbocycles. The Morgan fingerprint density at radius 1 is 0.667 bits per heavy atom. The van der Waals surface area contributed by atoms with Crippen molar-refractivity contribution in [2.24, 2.45) is 23.1 Å². The second-order valence-electron chi connectivity index (χ2n) is 18.6. The summed E-state index contributed by atoms with van der Waals surface area (Å²) in [5.41, 5.74) is 18.5. The fraction of sp³-hybridized carbons (Fsp3) is 0.583. The van der Waals surface area contributed by atoms with Crippen LogP contribution < -0.4 is 70.4 Å². The van der Waals surface area contributed by atoms with Crippen LogP contribution in [-0.2, 0) is 49.6 Å². The van der Waals surface area contributed by atoms with E-state index in [9.17, 15) is 63.3 Å². The smallest absolute Gasteiger partial charge is 0.287 e. The van der Waals surface area contributed by atoms with Gasteiger partial charge in [0.05, 0.1) is 25.1 Å². The summed E-state index contributed by atoms with van der Waals surface area (Å²) in [7, 11) is 0. The highest BCUT2D eigenvalue weighted by atomic mass is 16.3. The largest absolute Gasteiger partial charge is 0.459 e. The Morgan fingerprint density at radius 2 is 1.17 bits per heavy atom. The third kappa shape index (κ3) is 19.6. The van der Waals surface area contributed by atoms with E-state index in [1.54, 1.807) is 51.1 Å². The molecule has 1 fully saturated rings. The summed E-state index contributed by atoms with van der Waals surface area (Å²) in [5.74, 6) is -10.0. The van der Waals surface area contributed by atoms with E-state index < -0.39 is 145 Å². The standard InChI is InChI=1S/C48H75N13O14/c1-24(2)21-33-43(69)55-29(11-16-49)39(65)54-31(13-18-51)42(68)60-36(26(4)63)46(72)52-19-14-32(41(67)53-30(12-17-50)40(66)58-34(44(70)57-33)22-28-9-7-6-8-10-28)56-45(71)35(23-62)59-47(73)37(27(5)64)61-48(74)38-25(3)15-20-75-38/h6-10,15,20,24,26-27,29-37,62-64H,11-14,16-19,21-23,49-51H2,1-5H3,(H,52,72)(H,53,67)(H,54,65)(H,55,69)(H,56,71)(H,57,70)(H,58,66)(H,59,73)(H,60,68)(H,61,74)/t26-,27-,29+,30+,31+,32+,33+,34-,35-,36+,37+/m1/s1. The van der Waals surface area contributed by atoms with Crippen LogP contribution >= 0.6 is 0 Å². The minimum absolute atomic E-state index is 0.0462. The van der Waals surface area contributed by atoms with Crippen molar-refractivity contribution in [3.05, 3.63) is 59.5 Å². The molecular weight excluding hydrogens is 983 g/mol. The summed E-state index contributed by atoms with van der Waals surface area (Å²) >= 11 is 0. The van der Waals surface area contributed by atoms with Gasteiger partial charge in [0.1, 0.15) is 54.4 Å². The van der Waals surface area contributed by atoms with Crippen molar-refractivity contribution >= 4 is 59.1 Å². The maximum absolute atomic E-state index is 14.3. The Kier molecular flexibility index (Phi) is 25.7. The van der Waals surface area contributed by atoms with Crippen molar-refractivity contribution in [1.29, 1.82) is 0 Å². The molecule has 19 N–H and O–H groups in total. The fourth-order valence-electron chi connectivity index (χ4n) is 7.75. The van der Waals surface area contributed by atoms with Crippen molar-refractivity contribution in [2.75, 3.05) is 32.8 Å². The summed E-state index contributed by atoms with van der Waals surface area (Å²) in [6.07, 6.45) is -2.99. The van der Waals surface area contributed by atoms with Gasteiger partial charge >= 0.3 is 0 Å². The van der Waals surface area contributed by atoms with Gasteiger partial charge < -0.3 is 90.1 Å². The lowest BCUT2D eigenvalue weighted by molar-refractivity contribution is -0.136. The molecule has 1 aromatic heterocycles. The van der Waals surface area contributed by atoms with E-state index in [2.05, 4.69) is 53.2 Å². The first-order valence-corrected chi connectivity index (χ1v) is 24.7. The number of aryl methyl sites for hydroxylation is 1. The van der Waals surface area contributed by atoms with Crippen molar-refractivity contribution in [1.82, 2.24) is 53.2 Å². The molecule has 27 nitrogen and oxygen atoms in total. The van der Waals surface area contributed by atoms with Gasteiger partial charge in [-0.3, -0.25) is 47.9 Å². The molecule has 2 aromatic rings. The average Bonchev–Trinajstić information content (AvgIpc) is 3.80. The van der Waals surface area contributed by atoms with E-state index in [4.69, 9.17) is 21.6 Å². The summed E-state index contributed by atoms with van der Waals surface area (Å²) in [6.45, 7) is 5.46. The van der Waals surface area contributed by atoms with Gasteiger partial charge in [-0.2, -0.15) is 0 Å². The van der Waals surface area contributed by atoms with Gasteiger partial charge in [-0.25, -0.2) is 0 Å². The number of hydrogen-bond donors (Lipinski definition) is 16. The highest BCUT2D eigenvalue weighted by Gasteiger charge is 2.37. The maximum atomic E-state index is 14.3.